The molecule has 2 N–H and O–H groups in total. The van der Waals surface area contributed by atoms with Crippen molar-refractivity contribution in [3.05, 3.63) is 35.9 Å². The summed E-state index contributed by atoms with van der Waals surface area (Å²) >= 11 is 0. The van der Waals surface area contributed by atoms with Crippen molar-refractivity contribution in [2.24, 2.45) is 5.92 Å². The summed E-state index contributed by atoms with van der Waals surface area (Å²) in [6.45, 7) is 3.05. The van der Waals surface area contributed by atoms with E-state index >= 15 is 0 Å². The first kappa shape index (κ1) is 18.8. The van der Waals surface area contributed by atoms with Crippen molar-refractivity contribution < 1.29 is 19.1 Å². The molecule has 1 aliphatic heterocycles. The van der Waals surface area contributed by atoms with Crippen molar-refractivity contribution in [3.8, 4) is 0 Å². The molecule has 0 radical (unpaired) electrons. The van der Waals surface area contributed by atoms with Gasteiger partial charge in [-0.15, -0.1) is 0 Å². The Morgan fingerprint density at radius 1 is 1.12 bits per heavy atom. The summed E-state index contributed by atoms with van der Waals surface area (Å²) < 4.78 is 4.67. The number of aryl methyl sites for hydroxylation is 1. The molecule has 1 saturated heterocycles. The first-order chi connectivity index (χ1) is 12.1. The van der Waals surface area contributed by atoms with Gasteiger partial charge >= 0.3 is 6.09 Å². The maximum atomic E-state index is 12.3. The third kappa shape index (κ3) is 6.10. The molecule has 136 valence electrons. The Morgan fingerprint density at radius 3 is 2.44 bits per heavy atom. The van der Waals surface area contributed by atoms with Crippen molar-refractivity contribution in [3.63, 3.8) is 0 Å². The molecule has 1 fully saturated rings. The molecule has 0 unspecified atom stereocenters. The fourth-order valence-electron chi connectivity index (χ4n) is 2.83. The van der Waals surface area contributed by atoms with Gasteiger partial charge in [0.25, 0.3) is 0 Å². The zero-order chi connectivity index (χ0) is 18.1. The van der Waals surface area contributed by atoms with Gasteiger partial charge in [0.05, 0.1) is 6.61 Å². The maximum absolute atomic E-state index is 12.3. The van der Waals surface area contributed by atoms with Gasteiger partial charge in [-0.3, -0.25) is 15.0 Å². The first-order valence-corrected chi connectivity index (χ1v) is 8.64. The highest BCUT2D eigenvalue weighted by molar-refractivity contribution is 5.82. The molecule has 25 heavy (non-hydrogen) atoms. The lowest BCUT2D eigenvalue weighted by molar-refractivity contribution is -0.135. The smallest absolute Gasteiger partial charge is 0.426 e. The van der Waals surface area contributed by atoms with Crippen LogP contribution in [0.5, 0.6) is 0 Å². The molecule has 0 spiro atoms. The van der Waals surface area contributed by atoms with Crippen molar-refractivity contribution in [2.75, 3.05) is 19.7 Å². The average Bonchev–Trinajstić information content (AvgIpc) is 2.65. The number of likely N-dealkylation sites (tertiary alicyclic amines) is 1. The maximum Gasteiger partial charge on any atom is 0.426 e. The molecule has 1 heterocycles. The van der Waals surface area contributed by atoms with E-state index in [1.54, 1.807) is 6.92 Å². The molecule has 0 saturated carbocycles. The second-order valence-electron chi connectivity index (χ2n) is 5.98. The molecule has 0 bridgehead atoms. The summed E-state index contributed by atoms with van der Waals surface area (Å²) in [4.78, 5) is 37.3. The number of amides is 3. The molecule has 7 heteroatoms. The second kappa shape index (κ2) is 9.66. The summed E-state index contributed by atoms with van der Waals surface area (Å²) in [5.41, 5.74) is 5.72. The zero-order valence-electron chi connectivity index (χ0n) is 14.5. The summed E-state index contributed by atoms with van der Waals surface area (Å²) in [6.07, 6.45) is 1.71. The number of carbonyl (C=O) groups excluding carboxylic acids is 3. The largest absolute Gasteiger partial charge is 0.449 e. The number of rotatable bonds is 5. The van der Waals surface area contributed by atoms with Crippen LogP contribution in [-0.2, 0) is 20.7 Å². The van der Waals surface area contributed by atoms with Crippen molar-refractivity contribution in [1.82, 2.24) is 15.8 Å². The number of hydrogen-bond acceptors (Lipinski definition) is 4. The van der Waals surface area contributed by atoms with Crippen LogP contribution in [0.3, 0.4) is 0 Å². The second-order valence-corrected chi connectivity index (χ2v) is 5.98. The van der Waals surface area contributed by atoms with Crippen LogP contribution in [0.25, 0.3) is 0 Å². The molecule has 2 rings (SSSR count). The predicted octanol–water partition coefficient (Wildman–Crippen LogP) is 1.64. The summed E-state index contributed by atoms with van der Waals surface area (Å²) in [5.74, 6) is -0.336. The Hall–Kier alpha value is -2.57. The third-order valence-corrected chi connectivity index (χ3v) is 4.25. The van der Waals surface area contributed by atoms with E-state index in [0.717, 1.165) is 12.0 Å². The topological polar surface area (TPSA) is 87.7 Å². The fourth-order valence-corrected chi connectivity index (χ4v) is 2.83. The lowest BCUT2D eigenvalue weighted by atomic mass is 9.96. The van der Waals surface area contributed by atoms with E-state index < -0.39 is 6.09 Å². The molecule has 7 nitrogen and oxygen atoms in total. The Morgan fingerprint density at radius 2 is 1.80 bits per heavy atom. The molecule has 1 aliphatic rings. The van der Waals surface area contributed by atoms with Crippen molar-refractivity contribution >= 4 is 17.9 Å². The number of nitrogens with zero attached hydrogens (tertiary/aromatic N) is 1. The fraction of sp³-hybridized carbons (Fsp3) is 0.500. The van der Waals surface area contributed by atoms with Crippen LogP contribution in [0.2, 0.25) is 0 Å². The van der Waals surface area contributed by atoms with Gasteiger partial charge in [-0.05, 0) is 31.7 Å². The van der Waals surface area contributed by atoms with Crippen molar-refractivity contribution in [2.45, 2.75) is 32.6 Å². The summed E-state index contributed by atoms with van der Waals surface area (Å²) in [6, 6.07) is 9.92. The minimum absolute atomic E-state index is 0.118. The quantitative estimate of drug-likeness (QED) is 0.793. The van der Waals surface area contributed by atoms with Gasteiger partial charge in [-0.2, -0.15) is 0 Å². The van der Waals surface area contributed by atoms with Gasteiger partial charge in [0.2, 0.25) is 11.8 Å². The van der Waals surface area contributed by atoms with Gasteiger partial charge in [0, 0.05) is 25.4 Å². The van der Waals surface area contributed by atoms with Crippen LogP contribution < -0.4 is 10.9 Å². The van der Waals surface area contributed by atoms with Crippen LogP contribution in [0, 0.1) is 5.92 Å². The molecule has 0 aliphatic carbocycles. The SMILES string of the molecule is CCOC(=O)NNC(=O)C1CCN(C(=O)CCc2ccccc2)CC1. The summed E-state index contributed by atoms with van der Waals surface area (Å²) in [7, 11) is 0. The average molecular weight is 347 g/mol. The number of benzene rings is 1. The third-order valence-electron chi connectivity index (χ3n) is 4.25. The Labute approximate surface area is 147 Å². The van der Waals surface area contributed by atoms with E-state index in [-0.39, 0.29) is 24.3 Å². The highest BCUT2D eigenvalue weighted by Crippen LogP contribution is 2.18. The molecular weight excluding hydrogens is 322 g/mol. The highest BCUT2D eigenvalue weighted by atomic mass is 16.5. The van der Waals surface area contributed by atoms with Gasteiger partial charge < -0.3 is 9.64 Å². The Kier molecular flexibility index (Phi) is 7.25. The van der Waals surface area contributed by atoms with E-state index in [9.17, 15) is 14.4 Å². The van der Waals surface area contributed by atoms with E-state index in [2.05, 4.69) is 15.6 Å². The van der Waals surface area contributed by atoms with E-state index in [4.69, 9.17) is 0 Å². The number of hydrazine groups is 1. The first-order valence-electron chi connectivity index (χ1n) is 8.64. The van der Waals surface area contributed by atoms with Gasteiger partial charge in [0.15, 0.2) is 0 Å². The highest BCUT2D eigenvalue weighted by Gasteiger charge is 2.27. The van der Waals surface area contributed by atoms with Gasteiger partial charge in [-0.1, -0.05) is 30.3 Å². The normalized spacial score (nSPS) is 14.7. The number of piperidine rings is 1. The van der Waals surface area contributed by atoms with E-state index in [1.165, 1.54) is 0 Å². The molecule has 3 amide bonds. The number of carbonyl (C=O) groups is 3. The molecule has 0 aromatic heterocycles. The van der Waals surface area contributed by atoms with Crippen LogP contribution in [-0.4, -0.2) is 42.5 Å². The standard InChI is InChI=1S/C18H25N3O4/c1-2-25-18(24)20-19-17(23)15-10-12-21(13-11-15)16(22)9-8-14-6-4-3-5-7-14/h3-7,15H,2,8-13H2,1H3,(H,19,23)(H,20,24). The minimum Gasteiger partial charge on any atom is -0.449 e. The number of nitrogens with one attached hydrogen (secondary N) is 2. The van der Waals surface area contributed by atoms with Crippen LogP contribution in [0.15, 0.2) is 30.3 Å². The lowest BCUT2D eigenvalue weighted by Gasteiger charge is -2.31. The number of ether oxygens (including phenoxy) is 1. The molecule has 1 aromatic carbocycles. The minimum atomic E-state index is -0.677. The van der Waals surface area contributed by atoms with Gasteiger partial charge in [-0.25, -0.2) is 10.2 Å². The number of hydrogen-bond donors (Lipinski definition) is 2. The van der Waals surface area contributed by atoms with Crippen molar-refractivity contribution in [1.29, 1.82) is 0 Å². The molecule has 0 atom stereocenters. The van der Waals surface area contributed by atoms with Crippen LogP contribution in [0.4, 0.5) is 4.79 Å². The molecule has 1 aromatic rings. The Bertz CT molecular complexity index is 583. The lowest BCUT2D eigenvalue weighted by Crippen LogP contribution is -2.48. The summed E-state index contributed by atoms with van der Waals surface area (Å²) in [5, 5.41) is 0. The van der Waals surface area contributed by atoms with E-state index in [0.29, 0.717) is 32.4 Å². The monoisotopic (exact) mass is 347 g/mol. The van der Waals surface area contributed by atoms with E-state index in [1.807, 2.05) is 35.2 Å². The van der Waals surface area contributed by atoms with Crippen LogP contribution in [0.1, 0.15) is 31.7 Å². The molecular formula is C18H25N3O4. The predicted molar refractivity (Wildman–Crippen MR) is 92.4 cm³/mol. The zero-order valence-corrected chi connectivity index (χ0v) is 14.5. The van der Waals surface area contributed by atoms with Crippen LogP contribution >= 0.6 is 0 Å². The van der Waals surface area contributed by atoms with Gasteiger partial charge in [0.1, 0.15) is 0 Å². The Balaban J connectivity index is 1.69.